The third-order valence-corrected chi connectivity index (χ3v) is 4.24. The van der Waals surface area contributed by atoms with Crippen LogP contribution in [0.2, 0.25) is 0 Å². The number of carbonyl (C=O) groups is 3. The Morgan fingerprint density at radius 2 is 1.59 bits per heavy atom. The largest absolute Gasteiger partial charge is 0.461 e. The number of esters is 1. The van der Waals surface area contributed by atoms with Gasteiger partial charge in [-0.15, -0.1) is 0 Å². The number of benzene rings is 2. The molecule has 0 aliphatic carbocycles. The number of hydrogen-bond donors (Lipinski definition) is 1. The summed E-state index contributed by atoms with van der Waals surface area (Å²) in [5, 5.41) is 1.18. The van der Waals surface area contributed by atoms with Crippen LogP contribution in [0.1, 0.15) is 29.8 Å². The monoisotopic (exact) mass is 364 g/mol. The molecule has 6 nitrogen and oxygen atoms in total. The minimum absolute atomic E-state index is 0.104. The first kappa shape index (κ1) is 18.4. The van der Waals surface area contributed by atoms with Gasteiger partial charge in [0.15, 0.2) is 5.78 Å². The van der Waals surface area contributed by atoms with Crippen molar-refractivity contribution in [1.82, 2.24) is 10.4 Å². The fourth-order valence-corrected chi connectivity index (χ4v) is 3.06. The third kappa shape index (κ3) is 3.60. The Balaban J connectivity index is 2.16. The first-order valence-electron chi connectivity index (χ1n) is 8.67. The predicted molar refractivity (Wildman–Crippen MR) is 100 cm³/mol. The molecule has 2 aromatic rings. The lowest BCUT2D eigenvalue weighted by molar-refractivity contribution is -0.139. The second kappa shape index (κ2) is 7.86. The van der Waals surface area contributed by atoms with E-state index in [1.54, 1.807) is 43.3 Å². The predicted octanol–water partition coefficient (Wildman–Crippen LogP) is 2.58. The fourth-order valence-electron chi connectivity index (χ4n) is 3.06. The van der Waals surface area contributed by atoms with E-state index in [4.69, 9.17) is 4.74 Å². The standard InChI is InChI=1S/C21H20N2O4/c1-3-27-21(26)18-17(15-10-6-4-7-11-15)19(23(22-18)14(2)24)20(25)16-12-8-5-9-13-16/h4-13,19,22H,3H2,1-2H3/t19-/m1/s1. The molecule has 0 saturated heterocycles. The third-order valence-electron chi connectivity index (χ3n) is 4.24. The van der Waals surface area contributed by atoms with E-state index in [1.165, 1.54) is 11.9 Å². The molecule has 1 aliphatic rings. The van der Waals surface area contributed by atoms with Crippen LogP contribution in [0.5, 0.6) is 0 Å². The van der Waals surface area contributed by atoms with Gasteiger partial charge >= 0.3 is 5.97 Å². The molecule has 0 radical (unpaired) electrons. The van der Waals surface area contributed by atoms with Crippen molar-refractivity contribution in [3.63, 3.8) is 0 Å². The highest BCUT2D eigenvalue weighted by Gasteiger charge is 2.43. The van der Waals surface area contributed by atoms with E-state index in [-0.39, 0.29) is 24.0 Å². The lowest BCUT2D eigenvalue weighted by atomic mass is 9.91. The number of hydrogen-bond acceptors (Lipinski definition) is 5. The Kier molecular flexibility index (Phi) is 5.35. The van der Waals surface area contributed by atoms with Gasteiger partial charge in [-0.25, -0.2) is 9.80 Å². The number of carbonyl (C=O) groups excluding carboxylic acids is 3. The summed E-state index contributed by atoms with van der Waals surface area (Å²) in [5.74, 6) is -1.26. The Bertz CT molecular complexity index is 891. The number of Topliss-reactive ketones (excluding diaryl/α,β-unsaturated/α-hetero) is 1. The lowest BCUT2D eigenvalue weighted by Gasteiger charge is -2.24. The zero-order valence-electron chi connectivity index (χ0n) is 15.1. The fraction of sp³-hybridized carbons (Fsp3) is 0.190. The van der Waals surface area contributed by atoms with Gasteiger partial charge in [0.1, 0.15) is 11.7 Å². The smallest absolute Gasteiger partial charge is 0.356 e. The molecule has 138 valence electrons. The second-order valence-corrected chi connectivity index (χ2v) is 6.01. The van der Waals surface area contributed by atoms with Crippen LogP contribution in [0.4, 0.5) is 0 Å². The molecule has 0 unspecified atom stereocenters. The Morgan fingerprint density at radius 1 is 1.00 bits per heavy atom. The summed E-state index contributed by atoms with van der Waals surface area (Å²) in [6, 6.07) is 16.8. The Labute approximate surface area is 157 Å². The van der Waals surface area contributed by atoms with Gasteiger partial charge in [-0.3, -0.25) is 15.0 Å². The van der Waals surface area contributed by atoms with Gasteiger partial charge in [0.2, 0.25) is 5.91 Å². The molecule has 1 heterocycles. The Hall–Kier alpha value is -3.41. The van der Waals surface area contributed by atoms with E-state index in [0.29, 0.717) is 16.7 Å². The number of rotatable bonds is 5. The number of nitrogens with one attached hydrogen (secondary N) is 1. The number of nitrogens with zero attached hydrogens (tertiary/aromatic N) is 1. The van der Waals surface area contributed by atoms with Gasteiger partial charge in [0.25, 0.3) is 0 Å². The summed E-state index contributed by atoms with van der Waals surface area (Å²) < 4.78 is 5.13. The number of ether oxygens (including phenoxy) is 1. The molecule has 0 spiro atoms. The maximum Gasteiger partial charge on any atom is 0.356 e. The normalized spacial score (nSPS) is 16.1. The van der Waals surface area contributed by atoms with Crippen molar-refractivity contribution in [2.75, 3.05) is 6.61 Å². The Morgan fingerprint density at radius 3 is 2.15 bits per heavy atom. The summed E-state index contributed by atoms with van der Waals surface area (Å²) >= 11 is 0. The van der Waals surface area contributed by atoms with Crippen molar-refractivity contribution < 1.29 is 19.1 Å². The highest BCUT2D eigenvalue weighted by atomic mass is 16.5. The van der Waals surface area contributed by atoms with Crippen LogP contribution >= 0.6 is 0 Å². The molecule has 0 bridgehead atoms. The van der Waals surface area contributed by atoms with Crippen LogP contribution < -0.4 is 5.43 Å². The zero-order chi connectivity index (χ0) is 19.4. The highest BCUT2D eigenvalue weighted by Crippen LogP contribution is 2.33. The van der Waals surface area contributed by atoms with Gasteiger partial charge in [-0.2, -0.15) is 0 Å². The van der Waals surface area contributed by atoms with Crippen molar-refractivity contribution in [2.45, 2.75) is 19.9 Å². The van der Waals surface area contributed by atoms with E-state index >= 15 is 0 Å². The van der Waals surface area contributed by atoms with Crippen molar-refractivity contribution in [3.05, 3.63) is 77.5 Å². The minimum atomic E-state index is -0.966. The molecule has 1 amide bonds. The summed E-state index contributed by atoms with van der Waals surface area (Å²) in [7, 11) is 0. The molecule has 1 aliphatic heterocycles. The first-order valence-corrected chi connectivity index (χ1v) is 8.67. The molecule has 0 saturated carbocycles. The maximum absolute atomic E-state index is 13.3. The lowest BCUT2D eigenvalue weighted by Crippen LogP contribution is -2.47. The molecule has 0 aromatic heterocycles. The van der Waals surface area contributed by atoms with Crippen molar-refractivity contribution in [3.8, 4) is 0 Å². The van der Waals surface area contributed by atoms with Crippen molar-refractivity contribution in [1.29, 1.82) is 0 Å². The molecular weight excluding hydrogens is 344 g/mol. The van der Waals surface area contributed by atoms with Crippen LogP contribution in [-0.4, -0.2) is 35.3 Å². The number of ketones is 1. The molecule has 1 N–H and O–H groups in total. The SMILES string of the molecule is CCOC(=O)C1=C(c2ccccc2)[C@H](C(=O)c2ccccc2)N(C(C)=O)N1. The quantitative estimate of drug-likeness (QED) is 0.652. The van der Waals surface area contributed by atoms with Crippen LogP contribution in [0.15, 0.2) is 66.4 Å². The number of amides is 1. The van der Waals surface area contributed by atoms with E-state index < -0.39 is 12.0 Å². The highest BCUT2D eigenvalue weighted by molar-refractivity contribution is 6.14. The minimum Gasteiger partial charge on any atom is -0.461 e. The van der Waals surface area contributed by atoms with Gasteiger partial charge in [0.05, 0.1) is 6.61 Å². The van der Waals surface area contributed by atoms with Gasteiger partial charge < -0.3 is 4.74 Å². The van der Waals surface area contributed by atoms with E-state index in [0.717, 1.165) is 0 Å². The summed E-state index contributed by atoms with van der Waals surface area (Å²) in [6.07, 6.45) is 0. The maximum atomic E-state index is 13.3. The van der Waals surface area contributed by atoms with Crippen molar-refractivity contribution in [2.24, 2.45) is 0 Å². The first-order chi connectivity index (χ1) is 13.0. The van der Waals surface area contributed by atoms with Crippen LogP contribution in [0.25, 0.3) is 5.57 Å². The van der Waals surface area contributed by atoms with Gasteiger partial charge in [-0.05, 0) is 12.5 Å². The summed E-state index contributed by atoms with van der Waals surface area (Å²) in [6.45, 7) is 3.23. The van der Waals surface area contributed by atoms with E-state index in [1.807, 2.05) is 24.3 Å². The molecule has 6 heteroatoms. The molecule has 2 aromatic carbocycles. The number of hydrazine groups is 1. The van der Waals surface area contributed by atoms with Crippen LogP contribution in [0, 0.1) is 0 Å². The second-order valence-electron chi connectivity index (χ2n) is 6.01. The van der Waals surface area contributed by atoms with Crippen molar-refractivity contribution >= 4 is 23.2 Å². The molecule has 3 rings (SSSR count). The molecule has 27 heavy (non-hydrogen) atoms. The molecular formula is C21H20N2O4. The van der Waals surface area contributed by atoms with Gasteiger partial charge in [-0.1, -0.05) is 60.7 Å². The van der Waals surface area contributed by atoms with Crippen LogP contribution in [-0.2, 0) is 14.3 Å². The average molecular weight is 364 g/mol. The summed E-state index contributed by atoms with van der Waals surface area (Å²) in [4.78, 5) is 38.0. The van der Waals surface area contributed by atoms with Crippen LogP contribution in [0.3, 0.4) is 0 Å². The summed E-state index contributed by atoms with van der Waals surface area (Å²) in [5.41, 5.74) is 4.45. The van der Waals surface area contributed by atoms with Gasteiger partial charge in [0, 0.05) is 18.1 Å². The zero-order valence-corrected chi connectivity index (χ0v) is 15.1. The topological polar surface area (TPSA) is 75.7 Å². The van der Waals surface area contributed by atoms with E-state index in [9.17, 15) is 14.4 Å². The average Bonchev–Trinajstić information content (AvgIpc) is 3.10. The molecule has 0 fully saturated rings. The van der Waals surface area contributed by atoms with E-state index in [2.05, 4.69) is 5.43 Å². The molecule has 1 atom stereocenters.